The number of nitrogens with one attached hydrogen (secondary N) is 1. The van der Waals surface area contributed by atoms with Gasteiger partial charge in [-0.2, -0.15) is 4.99 Å². The summed E-state index contributed by atoms with van der Waals surface area (Å²) in [4.78, 5) is 37.5. The molecule has 0 aliphatic carbocycles. The fraction of sp³-hybridized carbons (Fsp3) is 0.185. The van der Waals surface area contributed by atoms with Crippen molar-refractivity contribution in [3.63, 3.8) is 0 Å². The van der Waals surface area contributed by atoms with Crippen LogP contribution in [0.5, 0.6) is 5.75 Å². The summed E-state index contributed by atoms with van der Waals surface area (Å²) in [5.41, 5.74) is 3.02. The molecule has 0 saturated carbocycles. The zero-order valence-corrected chi connectivity index (χ0v) is 20.2. The van der Waals surface area contributed by atoms with Gasteiger partial charge in [0.2, 0.25) is 5.91 Å². The maximum Gasteiger partial charge on any atom is 0.275 e. The van der Waals surface area contributed by atoms with E-state index in [0.29, 0.717) is 28.9 Å². The molecule has 35 heavy (non-hydrogen) atoms. The van der Waals surface area contributed by atoms with Gasteiger partial charge in [-0.25, -0.2) is 4.99 Å². The predicted molar refractivity (Wildman–Crippen MR) is 139 cm³/mol. The number of anilines is 1. The molecule has 0 saturated heterocycles. The number of thioether (sulfide) groups is 1. The van der Waals surface area contributed by atoms with E-state index in [2.05, 4.69) is 10.3 Å². The Morgan fingerprint density at radius 3 is 2.60 bits per heavy atom. The van der Waals surface area contributed by atoms with E-state index in [4.69, 9.17) is 9.73 Å². The van der Waals surface area contributed by atoms with E-state index in [1.165, 1.54) is 11.8 Å². The number of fused-ring (bicyclic) bond motifs is 3. The first-order chi connectivity index (χ1) is 17.1. The van der Waals surface area contributed by atoms with Gasteiger partial charge in [0.05, 0.1) is 18.0 Å². The molecule has 3 aromatic rings. The maximum atomic E-state index is 13.2. The summed E-state index contributed by atoms with van der Waals surface area (Å²) in [6.45, 7) is 1.96. The summed E-state index contributed by atoms with van der Waals surface area (Å²) in [5.74, 6) is 0.844. The molecule has 2 amide bonds. The third-order valence-electron chi connectivity index (χ3n) is 5.87. The Labute approximate surface area is 207 Å². The zero-order valence-electron chi connectivity index (χ0n) is 19.3. The Balaban J connectivity index is 1.48. The first-order valence-electron chi connectivity index (χ1n) is 11.4. The Morgan fingerprint density at radius 1 is 1.06 bits per heavy atom. The van der Waals surface area contributed by atoms with Gasteiger partial charge >= 0.3 is 0 Å². The van der Waals surface area contributed by atoms with Crippen LogP contribution < -0.4 is 10.1 Å². The number of benzene rings is 3. The first-order valence-corrected chi connectivity index (χ1v) is 12.2. The second-order valence-corrected chi connectivity index (χ2v) is 9.27. The van der Waals surface area contributed by atoms with Gasteiger partial charge in [-0.05, 0) is 36.2 Å². The number of hydrogen-bond donors (Lipinski definition) is 1. The highest BCUT2D eigenvalue weighted by Crippen LogP contribution is 2.40. The van der Waals surface area contributed by atoms with Crippen LogP contribution in [0.2, 0.25) is 0 Å². The number of carbonyl (C=O) groups excluding carboxylic acids is 2. The van der Waals surface area contributed by atoms with Crippen LogP contribution in [0.25, 0.3) is 0 Å². The smallest absolute Gasteiger partial charge is 0.275 e. The topological polar surface area (TPSA) is 83.4 Å². The van der Waals surface area contributed by atoms with E-state index in [9.17, 15) is 9.59 Å². The van der Waals surface area contributed by atoms with Gasteiger partial charge in [-0.15, -0.1) is 0 Å². The van der Waals surface area contributed by atoms with Gasteiger partial charge in [-0.3, -0.25) is 14.5 Å². The lowest BCUT2D eigenvalue weighted by Crippen LogP contribution is -2.40. The van der Waals surface area contributed by atoms with Crippen molar-refractivity contribution >= 4 is 46.0 Å². The lowest BCUT2D eigenvalue weighted by Gasteiger charge is -2.32. The van der Waals surface area contributed by atoms with E-state index in [0.717, 1.165) is 16.8 Å². The average Bonchev–Trinajstić information content (AvgIpc) is 3.25. The molecular formula is C27H24N4O3S. The normalized spacial score (nSPS) is 17.1. The minimum atomic E-state index is -0.621. The fourth-order valence-corrected chi connectivity index (χ4v) is 5.19. The minimum Gasteiger partial charge on any atom is -0.497 e. The molecule has 5 rings (SSSR count). The monoisotopic (exact) mass is 484 g/mol. The first kappa shape index (κ1) is 22.9. The van der Waals surface area contributed by atoms with E-state index in [-0.39, 0.29) is 11.8 Å². The van der Waals surface area contributed by atoms with Crippen molar-refractivity contribution in [1.82, 2.24) is 4.90 Å². The highest BCUT2D eigenvalue weighted by molar-refractivity contribution is 8.15. The van der Waals surface area contributed by atoms with Gasteiger partial charge in [0, 0.05) is 17.3 Å². The van der Waals surface area contributed by atoms with Crippen LogP contribution in [0.1, 0.15) is 30.5 Å². The summed E-state index contributed by atoms with van der Waals surface area (Å²) in [5, 5.41) is 3.12. The van der Waals surface area contributed by atoms with E-state index in [1.54, 1.807) is 13.2 Å². The van der Waals surface area contributed by atoms with Crippen molar-refractivity contribution in [2.45, 2.75) is 24.6 Å². The number of carbonyl (C=O) groups is 2. The SMILES string of the molecule is CCC(SC1=Nc2ccccc2C2=NC(=O)C(c3ccccc3)N12)C(=O)Nc1cccc(OC)c1. The van der Waals surface area contributed by atoms with Crippen molar-refractivity contribution in [2.24, 2.45) is 9.98 Å². The van der Waals surface area contributed by atoms with Crippen molar-refractivity contribution in [2.75, 3.05) is 12.4 Å². The molecule has 0 spiro atoms. The van der Waals surface area contributed by atoms with Gasteiger partial charge in [0.1, 0.15) is 17.6 Å². The number of amidine groups is 2. The predicted octanol–water partition coefficient (Wildman–Crippen LogP) is 5.18. The molecule has 176 valence electrons. The van der Waals surface area contributed by atoms with Crippen molar-refractivity contribution in [3.05, 3.63) is 90.0 Å². The number of ether oxygens (including phenoxy) is 1. The molecular weight excluding hydrogens is 460 g/mol. The molecule has 7 nitrogen and oxygen atoms in total. The Hall–Kier alpha value is -3.91. The van der Waals surface area contributed by atoms with E-state index >= 15 is 0 Å². The largest absolute Gasteiger partial charge is 0.497 e. The molecule has 0 bridgehead atoms. The summed E-state index contributed by atoms with van der Waals surface area (Å²) >= 11 is 1.34. The summed E-state index contributed by atoms with van der Waals surface area (Å²) in [6, 6.07) is 23.8. The minimum absolute atomic E-state index is 0.146. The van der Waals surface area contributed by atoms with Crippen LogP contribution in [-0.2, 0) is 9.59 Å². The number of rotatable bonds is 6. The molecule has 0 fully saturated rings. The number of amides is 2. The Kier molecular flexibility index (Phi) is 6.37. The van der Waals surface area contributed by atoms with E-state index in [1.807, 2.05) is 84.6 Å². The Bertz CT molecular complexity index is 1340. The fourth-order valence-electron chi connectivity index (χ4n) is 4.14. The van der Waals surface area contributed by atoms with Crippen molar-refractivity contribution < 1.29 is 14.3 Å². The number of para-hydroxylation sites is 1. The highest BCUT2D eigenvalue weighted by Gasteiger charge is 2.43. The van der Waals surface area contributed by atoms with Crippen LogP contribution in [0, 0.1) is 0 Å². The van der Waals surface area contributed by atoms with Gasteiger partial charge in [0.15, 0.2) is 5.17 Å². The van der Waals surface area contributed by atoms with Crippen LogP contribution in [0.4, 0.5) is 11.4 Å². The molecule has 2 aliphatic rings. The van der Waals surface area contributed by atoms with Crippen LogP contribution >= 0.6 is 11.8 Å². The lowest BCUT2D eigenvalue weighted by molar-refractivity contribution is -0.119. The van der Waals surface area contributed by atoms with Gasteiger partial charge < -0.3 is 10.1 Å². The van der Waals surface area contributed by atoms with Crippen LogP contribution in [0.3, 0.4) is 0 Å². The zero-order chi connectivity index (χ0) is 24.4. The summed E-state index contributed by atoms with van der Waals surface area (Å²) in [7, 11) is 1.59. The molecule has 2 aliphatic heterocycles. The van der Waals surface area contributed by atoms with Gasteiger partial charge in [0.25, 0.3) is 5.91 Å². The number of methoxy groups -OCH3 is 1. The molecule has 3 aromatic carbocycles. The molecule has 2 unspecified atom stereocenters. The van der Waals surface area contributed by atoms with Crippen molar-refractivity contribution in [3.8, 4) is 5.75 Å². The van der Waals surface area contributed by atoms with Crippen LogP contribution in [-0.4, -0.2) is 40.1 Å². The highest BCUT2D eigenvalue weighted by atomic mass is 32.2. The van der Waals surface area contributed by atoms with E-state index < -0.39 is 11.3 Å². The third-order valence-corrected chi connectivity index (χ3v) is 7.20. The average molecular weight is 485 g/mol. The molecule has 8 heteroatoms. The Morgan fingerprint density at radius 2 is 1.83 bits per heavy atom. The maximum absolute atomic E-state index is 13.2. The molecule has 0 radical (unpaired) electrons. The quantitative estimate of drug-likeness (QED) is 0.521. The van der Waals surface area contributed by atoms with Crippen LogP contribution in [0.15, 0.2) is 88.8 Å². The van der Waals surface area contributed by atoms with Crippen molar-refractivity contribution in [1.29, 1.82) is 0 Å². The van der Waals surface area contributed by atoms with Gasteiger partial charge in [-0.1, -0.05) is 67.2 Å². The second kappa shape index (κ2) is 9.76. The number of nitrogens with zero attached hydrogens (tertiary/aromatic N) is 3. The summed E-state index contributed by atoms with van der Waals surface area (Å²) < 4.78 is 5.26. The summed E-state index contributed by atoms with van der Waals surface area (Å²) in [6.07, 6.45) is 0.575. The third kappa shape index (κ3) is 4.44. The molecule has 2 heterocycles. The molecule has 2 atom stereocenters. The number of aliphatic imine (C=N–C) groups is 2. The lowest BCUT2D eigenvalue weighted by atomic mass is 10.0. The molecule has 0 aromatic heterocycles. The second-order valence-electron chi connectivity index (χ2n) is 8.10. The molecule has 1 N–H and O–H groups in total. The standard InChI is InChI=1S/C27H24N4O3S/c1-3-22(25(32)28-18-12-9-13-19(16-18)34-2)35-27-29-21-15-8-7-14-20(21)24-30-26(33)23(31(24)27)17-10-5-4-6-11-17/h4-16,22-23H,3H2,1-2H3,(H,28,32). The number of hydrogen-bond acceptors (Lipinski definition) is 6.